The van der Waals surface area contributed by atoms with Crippen LogP contribution in [-0.2, 0) is 4.74 Å². The minimum absolute atomic E-state index is 0.125. The highest BCUT2D eigenvalue weighted by atomic mass is 19.1. The number of nitrogens with two attached hydrogens (primary N) is 1. The van der Waals surface area contributed by atoms with Crippen LogP contribution < -0.4 is 11.4 Å². The van der Waals surface area contributed by atoms with E-state index in [1.807, 2.05) is 20.8 Å². The van der Waals surface area contributed by atoms with Crippen LogP contribution in [0, 0.1) is 5.92 Å². The zero-order chi connectivity index (χ0) is 14.2. The molecule has 0 bridgehead atoms. The molecular formula is C13H20FN3O2. The third kappa shape index (κ3) is 2.14. The molecule has 0 spiro atoms. The van der Waals surface area contributed by atoms with Crippen LogP contribution in [0.1, 0.15) is 39.8 Å². The van der Waals surface area contributed by atoms with E-state index >= 15 is 0 Å². The first kappa shape index (κ1) is 14.0. The number of ether oxygens (including phenoxy) is 1. The Bertz CT molecular complexity index is 513. The van der Waals surface area contributed by atoms with Gasteiger partial charge in [0.2, 0.25) is 0 Å². The van der Waals surface area contributed by atoms with Crippen molar-refractivity contribution in [2.75, 3.05) is 5.73 Å². The van der Waals surface area contributed by atoms with Gasteiger partial charge in [0.05, 0.1) is 5.60 Å². The summed E-state index contributed by atoms with van der Waals surface area (Å²) in [5.41, 5.74) is 4.33. The molecule has 0 unspecified atom stereocenters. The van der Waals surface area contributed by atoms with E-state index in [0.29, 0.717) is 12.8 Å². The van der Waals surface area contributed by atoms with Gasteiger partial charge in [-0.05, 0) is 18.9 Å². The van der Waals surface area contributed by atoms with E-state index in [0.717, 1.165) is 0 Å². The quantitative estimate of drug-likeness (QED) is 0.909. The van der Waals surface area contributed by atoms with Crippen LogP contribution in [-0.4, -0.2) is 21.3 Å². The number of hydrogen-bond donors (Lipinski definition) is 1. The SMILES string of the molecule is CCC1(CC)O[C@@H](n2ccc(N)nc2=O)[C@@H](F)[C@@H]1C. The van der Waals surface area contributed by atoms with Crippen LogP contribution in [0.2, 0.25) is 0 Å². The van der Waals surface area contributed by atoms with Crippen LogP contribution in [0.25, 0.3) is 0 Å². The molecule has 1 saturated heterocycles. The van der Waals surface area contributed by atoms with Crippen molar-refractivity contribution in [1.82, 2.24) is 9.55 Å². The topological polar surface area (TPSA) is 70.1 Å². The van der Waals surface area contributed by atoms with Crippen LogP contribution in [0.3, 0.4) is 0 Å². The molecule has 106 valence electrons. The highest BCUT2D eigenvalue weighted by Gasteiger charge is 2.52. The second-order valence-corrected chi connectivity index (χ2v) is 5.06. The van der Waals surface area contributed by atoms with E-state index in [1.54, 1.807) is 0 Å². The summed E-state index contributed by atoms with van der Waals surface area (Å²) >= 11 is 0. The number of alkyl halides is 1. The van der Waals surface area contributed by atoms with E-state index in [4.69, 9.17) is 10.5 Å². The standard InChI is InChI=1S/C13H20FN3O2/c1-4-13(5-2)8(3)10(14)11(19-13)17-7-6-9(15)16-12(17)18/h6-8,10-11H,4-5H2,1-3H3,(H2,15,16,18)/t8-,10-,11+/m0/s1. The van der Waals surface area contributed by atoms with Gasteiger partial charge in [-0.3, -0.25) is 4.57 Å². The van der Waals surface area contributed by atoms with Gasteiger partial charge in [0.1, 0.15) is 5.82 Å². The number of aromatic nitrogens is 2. The highest BCUT2D eigenvalue weighted by molar-refractivity contribution is 5.23. The van der Waals surface area contributed by atoms with Gasteiger partial charge in [-0.1, -0.05) is 20.8 Å². The first-order chi connectivity index (χ1) is 8.95. The van der Waals surface area contributed by atoms with Gasteiger partial charge in [0, 0.05) is 12.1 Å². The predicted octanol–water partition coefficient (Wildman–Crippen LogP) is 1.89. The zero-order valence-corrected chi connectivity index (χ0v) is 11.5. The molecule has 3 atom stereocenters. The smallest absolute Gasteiger partial charge is 0.351 e. The third-order valence-electron chi connectivity index (χ3n) is 4.26. The molecule has 2 heterocycles. The van der Waals surface area contributed by atoms with E-state index in [1.165, 1.54) is 16.8 Å². The summed E-state index contributed by atoms with van der Waals surface area (Å²) in [5, 5.41) is 0. The van der Waals surface area contributed by atoms with Crippen molar-refractivity contribution < 1.29 is 9.13 Å². The van der Waals surface area contributed by atoms with Gasteiger partial charge >= 0.3 is 5.69 Å². The monoisotopic (exact) mass is 269 g/mol. The van der Waals surface area contributed by atoms with Gasteiger partial charge in [0.15, 0.2) is 12.4 Å². The summed E-state index contributed by atoms with van der Waals surface area (Å²) in [5.74, 6) is -0.142. The summed E-state index contributed by atoms with van der Waals surface area (Å²) in [6, 6.07) is 1.47. The predicted molar refractivity (Wildman–Crippen MR) is 70.4 cm³/mol. The molecule has 0 radical (unpaired) electrons. The molecule has 1 fully saturated rings. The molecule has 2 N–H and O–H groups in total. The van der Waals surface area contributed by atoms with E-state index < -0.39 is 23.7 Å². The Morgan fingerprint density at radius 2 is 2.16 bits per heavy atom. The molecule has 1 aliphatic heterocycles. The Morgan fingerprint density at radius 1 is 1.53 bits per heavy atom. The lowest BCUT2D eigenvalue weighted by atomic mass is 9.83. The zero-order valence-electron chi connectivity index (χ0n) is 11.5. The van der Waals surface area contributed by atoms with E-state index in [2.05, 4.69) is 4.98 Å². The summed E-state index contributed by atoms with van der Waals surface area (Å²) in [7, 11) is 0. The van der Waals surface area contributed by atoms with Crippen LogP contribution in [0.15, 0.2) is 17.1 Å². The first-order valence-electron chi connectivity index (χ1n) is 6.61. The molecule has 1 aromatic heterocycles. The van der Waals surface area contributed by atoms with Crippen molar-refractivity contribution in [3.8, 4) is 0 Å². The van der Waals surface area contributed by atoms with Crippen molar-refractivity contribution in [3.05, 3.63) is 22.7 Å². The second-order valence-electron chi connectivity index (χ2n) is 5.06. The molecule has 0 amide bonds. The van der Waals surface area contributed by atoms with Gasteiger partial charge in [0.25, 0.3) is 0 Å². The number of nitrogen functional groups attached to an aromatic ring is 1. The lowest BCUT2D eigenvalue weighted by molar-refractivity contribution is -0.0935. The second kappa shape index (κ2) is 4.92. The van der Waals surface area contributed by atoms with Gasteiger partial charge in [-0.2, -0.15) is 4.98 Å². The molecule has 0 aliphatic carbocycles. The maximum Gasteiger partial charge on any atom is 0.351 e. The minimum atomic E-state index is -1.23. The summed E-state index contributed by atoms with van der Waals surface area (Å²) in [4.78, 5) is 15.4. The molecule has 19 heavy (non-hydrogen) atoms. The van der Waals surface area contributed by atoms with Gasteiger partial charge < -0.3 is 10.5 Å². The number of anilines is 1. The van der Waals surface area contributed by atoms with Crippen molar-refractivity contribution in [3.63, 3.8) is 0 Å². The largest absolute Gasteiger partial charge is 0.383 e. The third-order valence-corrected chi connectivity index (χ3v) is 4.26. The molecular weight excluding hydrogens is 249 g/mol. The maximum atomic E-state index is 14.5. The molecule has 2 rings (SSSR count). The fourth-order valence-electron chi connectivity index (χ4n) is 2.84. The van der Waals surface area contributed by atoms with Crippen molar-refractivity contribution in [2.24, 2.45) is 5.92 Å². The van der Waals surface area contributed by atoms with Crippen molar-refractivity contribution in [1.29, 1.82) is 0 Å². The minimum Gasteiger partial charge on any atom is -0.383 e. The molecule has 0 aromatic carbocycles. The van der Waals surface area contributed by atoms with Gasteiger partial charge in [-0.15, -0.1) is 0 Å². The Hall–Kier alpha value is -1.43. The lowest BCUT2D eigenvalue weighted by Crippen LogP contribution is -2.34. The van der Waals surface area contributed by atoms with Crippen LogP contribution in [0.5, 0.6) is 0 Å². The Kier molecular flexibility index (Phi) is 3.62. The van der Waals surface area contributed by atoms with Crippen LogP contribution in [0.4, 0.5) is 10.2 Å². The Balaban J connectivity index is 2.39. The first-order valence-corrected chi connectivity index (χ1v) is 6.61. The normalized spacial score (nSPS) is 29.6. The summed E-state index contributed by atoms with van der Waals surface area (Å²) < 4.78 is 21.5. The summed E-state index contributed by atoms with van der Waals surface area (Å²) in [6.45, 7) is 5.77. The Labute approximate surface area is 111 Å². The Morgan fingerprint density at radius 3 is 2.63 bits per heavy atom. The average molecular weight is 269 g/mol. The van der Waals surface area contributed by atoms with E-state index in [-0.39, 0.29) is 11.7 Å². The summed E-state index contributed by atoms with van der Waals surface area (Å²) in [6.07, 6.45) is 0.701. The number of halogens is 1. The molecule has 6 heteroatoms. The van der Waals surface area contributed by atoms with Crippen molar-refractivity contribution in [2.45, 2.75) is 51.6 Å². The lowest BCUT2D eigenvalue weighted by Gasteiger charge is -2.30. The number of hydrogen-bond acceptors (Lipinski definition) is 4. The van der Waals surface area contributed by atoms with Crippen LogP contribution >= 0.6 is 0 Å². The van der Waals surface area contributed by atoms with Crippen molar-refractivity contribution >= 4 is 5.82 Å². The molecule has 0 saturated carbocycles. The molecule has 1 aliphatic rings. The fourth-order valence-corrected chi connectivity index (χ4v) is 2.84. The highest BCUT2D eigenvalue weighted by Crippen LogP contribution is 2.46. The molecule has 1 aromatic rings. The van der Waals surface area contributed by atoms with Gasteiger partial charge in [-0.25, -0.2) is 9.18 Å². The number of nitrogens with zero attached hydrogens (tertiary/aromatic N) is 2. The number of rotatable bonds is 3. The average Bonchev–Trinajstić information content (AvgIpc) is 2.64. The van der Waals surface area contributed by atoms with E-state index in [9.17, 15) is 9.18 Å². The maximum absolute atomic E-state index is 14.5. The fraction of sp³-hybridized carbons (Fsp3) is 0.692. The molecule has 5 nitrogen and oxygen atoms in total.